The van der Waals surface area contributed by atoms with Crippen molar-refractivity contribution in [2.75, 3.05) is 26.3 Å². The summed E-state index contributed by atoms with van der Waals surface area (Å²) >= 11 is 0. The zero-order valence-electron chi connectivity index (χ0n) is 9.35. The molecule has 2 fully saturated rings. The first kappa shape index (κ1) is 10.4. The summed E-state index contributed by atoms with van der Waals surface area (Å²) in [6.07, 6.45) is 6.79. The molecule has 2 aliphatic heterocycles. The van der Waals surface area contributed by atoms with Crippen molar-refractivity contribution in [2.24, 2.45) is 11.3 Å². The molecule has 2 heteroatoms. The van der Waals surface area contributed by atoms with Gasteiger partial charge in [0, 0.05) is 26.3 Å². The van der Waals surface area contributed by atoms with Crippen LogP contribution >= 0.6 is 0 Å². The molecule has 0 aromatic rings. The Kier molecular flexibility index (Phi) is 3.45. The van der Waals surface area contributed by atoms with E-state index in [1.807, 2.05) is 0 Å². The van der Waals surface area contributed by atoms with Crippen LogP contribution in [-0.4, -0.2) is 26.3 Å². The van der Waals surface area contributed by atoms with Gasteiger partial charge in [-0.1, -0.05) is 13.3 Å². The number of rotatable bonds is 4. The molecule has 0 aromatic heterocycles. The Morgan fingerprint density at radius 2 is 2.00 bits per heavy atom. The Morgan fingerprint density at radius 1 is 1.29 bits per heavy atom. The predicted octanol–water partition coefficient (Wildman–Crippen LogP) is 2.19. The molecule has 0 aromatic carbocycles. The third-order valence-corrected chi connectivity index (χ3v) is 3.84. The Morgan fingerprint density at radius 3 is 2.50 bits per heavy atom. The molecule has 0 radical (unpaired) electrons. The van der Waals surface area contributed by atoms with E-state index in [4.69, 9.17) is 4.74 Å². The van der Waals surface area contributed by atoms with E-state index in [1.165, 1.54) is 45.2 Å². The molecule has 0 spiro atoms. The third-order valence-electron chi connectivity index (χ3n) is 3.84. The van der Waals surface area contributed by atoms with Crippen molar-refractivity contribution in [3.8, 4) is 0 Å². The van der Waals surface area contributed by atoms with Gasteiger partial charge in [0.1, 0.15) is 0 Å². The van der Waals surface area contributed by atoms with Gasteiger partial charge in [-0.25, -0.2) is 0 Å². The second-order valence-electron chi connectivity index (χ2n) is 5.11. The minimum absolute atomic E-state index is 0.663. The summed E-state index contributed by atoms with van der Waals surface area (Å²) in [4.78, 5) is 0. The molecular formula is C12H23NO. The highest BCUT2D eigenvalue weighted by molar-refractivity contribution is 4.93. The van der Waals surface area contributed by atoms with Gasteiger partial charge in [0.05, 0.1) is 0 Å². The lowest BCUT2D eigenvalue weighted by molar-refractivity contribution is 0.0298. The number of hydrogen-bond acceptors (Lipinski definition) is 2. The van der Waals surface area contributed by atoms with Crippen molar-refractivity contribution in [1.29, 1.82) is 0 Å². The van der Waals surface area contributed by atoms with E-state index in [0.717, 1.165) is 19.1 Å². The maximum absolute atomic E-state index is 5.41. The smallest absolute Gasteiger partial charge is 0.0468 e. The van der Waals surface area contributed by atoms with Gasteiger partial charge in [-0.3, -0.25) is 0 Å². The predicted molar refractivity (Wildman–Crippen MR) is 58.4 cm³/mol. The van der Waals surface area contributed by atoms with Gasteiger partial charge in [0.2, 0.25) is 0 Å². The molecular weight excluding hydrogens is 174 g/mol. The summed E-state index contributed by atoms with van der Waals surface area (Å²) in [7, 11) is 0. The average molecular weight is 197 g/mol. The second-order valence-corrected chi connectivity index (χ2v) is 5.11. The van der Waals surface area contributed by atoms with Crippen LogP contribution < -0.4 is 5.32 Å². The van der Waals surface area contributed by atoms with Gasteiger partial charge in [0.15, 0.2) is 0 Å². The van der Waals surface area contributed by atoms with E-state index in [2.05, 4.69) is 12.2 Å². The minimum Gasteiger partial charge on any atom is -0.381 e. The fourth-order valence-electron chi connectivity index (χ4n) is 2.99. The molecule has 1 N–H and O–H groups in total. The van der Waals surface area contributed by atoms with E-state index in [-0.39, 0.29) is 0 Å². The van der Waals surface area contributed by atoms with Crippen LogP contribution in [0.25, 0.3) is 0 Å². The van der Waals surface area contributed by atoms with E-state index in [0.29, 0.717) is 5.41 Å². The second kappa shape index (κ2) is 4.63. The fourth-order valence-corrected chi connectivity index (χ4v) is 2.99. The lowest BCUT2D eigenvalue weighted by Gasteiger charge is -2.45. The molecule has 0 saturated carbocycles. The zero-order valence-corrected chi connectivity index (χ0v) is 9.35. The molecule has 0 bridgehead atoms. The van der Waals surface area contributed by atoms with E-state index in [1.54, 1.807) is 0 Å². The lowest BCUT2D eigenvalue weighted by Crippen LogP contribution is -2.54. The van der Waals surface area contributed by atoms with Crippen LogP contribution in [0.3, 0.4) is 0 Å². The molecule has 0 amide bonds. The van der Waals surface area contributed by atoms with Crippen molar-refractivity contribution in [3.05, 3.63) is 0 Å². The molecule has 2 saturated heterocycles. The summed E-state index contributed by atoms with van der Waals surface area (Å²) in [6.45, 7) is 6.83. The van der Waals surface area contributed by atoms with Gasteiger partial charge < -0.3 is 10.1 Å². The SMILES string of the molecule is CCCC1(CC2CCOCC2)CNC1. The highest BCUT2D eigenvalue weighted by Crippen LogP contribution is 2.38. The van der Waals surface area contributed by atoms with Crippen LogP contribution in [0.5, 0.6) is 0 Å². The van der Waals surface area contributed by atoms with Crippen molar-refractivity contribution in [3.63, 3.8) is 0 Å². The number of hydrogen-bond donors (Lipinski definition) is 1. The lowest BCUT2D eigenvalue weighted by atomic mass is 9.70. The Labute approximate surface area is 87.4 Å². The van der Waals surface area contributed by atoms with Gasteiger partial charge >= 0.3 is 0 Å². The zero-order chi connectivity index (χ0) is 9.86. The molecule has 2 nitrogen and oxygen atoms in total. The van der Waals surface area contributed by atoms with Gasteiger partial charge in [-0.15, -0.1) is 0 Å². The number of nitrogens with one attached hydrogen (secondary N) is 1. The third kappa shape index (κ3) is 2.29. The van der Waals surface area contributed by atoms with E-state index < -0.39 is 0 Å². The quantitative estimate of drug-likeness (QED) is 0.746. The molecule has 82 valence electrons. The van der Waals surface area contributed by atoms with Crippen LogP contribution in [0, 0.1) is 11.3 Å². The highest BCUT2D eigenvalue weighted by Gasteiger charge is 2.37. The van der Waals surface area contributed by atoms with Crippen LogP contribution in [0.2, 0.25) is 0 Å². The van der Waals surface area contributed by atoms with Gasteiger partial charge in [-0.05, 0) is 37.0 Å². The highest BCUT2D eigenvalue weighted by atomic mass is 16.5. The number of ether oxygens (including phenoxy) is 1. The summed E-state index contributed by atoms with van der Waals surface area (Å²) in [5.74, 6) is 0.942. The van der Waals surface area contributed by atoms with Gasteiger partial charge in [-0.2, -0.15) is 0 Å². The van der Waals surface area contributed by atoms with Crippen molar-refractivity contribution < 1.29 is 4.74 Å². The summed E-state index contributed by atoms with van der Waals surface area (Å²) in [6, 6.07) is 0. The van der Waals surface area contributed by atoms with Gasteiger partial charge in [0.25, 0.3) is 0 Å². The molecule has 2 aliphatic rings. The standard InChI is InChI=1S/C12H23NO/c1-2-5-12(9-13-10-12)8-11-3-6-14-7-4-11/h11,13H,2-10H2,1H3. The van der Waals surface area contributed by atoms with Crippen molar-refractivity contribution in [2.45, 2.75) is 39.0 Å². The fraction of sp³-hybridized carbons (Fsp3) is 1.00. The Balaban J connectivity index is 1.80. The minimum atomic E-state index is 0.663. The molecule has 14 heavy (non-hydrogen) atoms. The molecule has 2 heterocycles. The first-order valence-corrected chi connectivity index (χ1v) is 6.13. The summed E-state index contributed by atoms with van der Waals surface area (Å²) in [5.41, 5.74) is 0.663. The summed E-state index contributed by atoms with van der Waals surface area (Å²) < 4.78 is 5.41. The first-order valence-electron chi connectivity index (χ1n) is 6.13. The molecule has 2 rings (SSSR count). The van der Waals surface area contributed by atoms with Crippen LogP contribution in [0.15, 0.2) is 0 Å². The van der Waals surface area contributed by atoms with E-state index >= 15 is 0 Å². The molecule has 0 unspecified atom stereocenters. The maximum atomic E-state index is 5.41. The molecule has 0 aliphatic carbocycles. The monoisotopic (exact) mass is 197 g/mol. The van der Waals surface area contributed by atoms with Crippen molar-refractivity contribution >= 4 is 0 Å². The average Bonchev–Trinajstić information content (AvgIpc) is 2.16. The molecule has 0 atom stereocenters. The Hall–Kier alpha value is -0.0800. The van der Waals surface area contributed by atoms with Crippen LogP contribution in [0.4, 0.5) is 0 Å². The van der Waals surface area contributed by atoms with Crippen molar-refractivity contribution in [1.82, 2.24) is 5.32 Å². The largest absolute Gasteiger partial charge is 0.381 e. The van der Waals surface area contributed by atoms with E-state index in [9.17, 15) is 0 Å². The first-order chi connectivity index (χ1) is 6.85. The Bertz CT molecular complexity index is 171. The topological polar surface area (TPSA) is 21.3 Å². The van der Waals surface area contributed by atoms with Crippen LogP contribution in [0.1, 0.15) is 39.0 Å². The summed E-state index contributed by atoms with van der Waals surface area (Å²) in [5, 5.41) is 3.45. The normalized spacial score (nSPS) is 27.2. The maximum Gasteiger partial charge on any atom is 0.0468 e. The van der Waals surface area contributed by atoms with Crippen LogP contribution in [-0.2, 0) is 4.74 Å².